The van der Waals surface area contributed by atoms with Crippen LogP contribution in [0.3, 0.4) is 0 Å². The molecule has 1 fully saturated rings. The van der Waals surface area contributed by atoms with Crippen molar-refractivity contribution in [3.63, 3.8) is 0 Å². The molecule has 2 aromatic heterocycles. The van der Waals surface area contributed by atoms with Crippen LogP contribution in [0.5, 0.6) is 17.2 Å². The summed E-state index contributed by atoms with van der Waals surface area (Å²) in [6.45, 7) is 3.67. The molecule has 0 radical (unpaired) electrons. The fraction of sp³-hybridized carbons (Fsp3) is 0.375. The largest absolute Gasteiger partial charge is 0.493 e. The van der Waals surface area contributed by atoms with Crippen LogP contribution < -0.4 is 14.2 Å². The molecule has 1 aromatic carbocycles. The molecule has 1 aliphatic rings. The van der Waals surface area contributed by atoms with Gasteiger partial charge >= 0.3 is 0 Å². The lowest BCUT2D eigenvalue weighted by atomic mass is 10.1. The van der Waals surface area contributed by atoms with Crippen molar-refractivity contribution in [2.24, 2.45) is 0 Å². The van der Waals surface area contributed by atoms with E-state index in [1.54, 1.807) is 27.5 Å². The number of hydrogen-bond donors (Lipinski definition) is 0. The van der Waals surface area contributed by atoms with Gasteiger partial charge in [0.2, 0.25) is 11.7 Å². The highest BCUT2D eigenvalue weighted by Crippen LogP contribution is 2.40. The van der Waals surface area contributed by atoms with Crippen LogP contribution in [-0.4, -0.2) is 73.2 Å². The van der Waals surface area contributed by atoms with Crippen molar-refractivity contribution in [2.45, 2.75) is 13.0 Å². The van der Waals surface area contributed by atoms with Crippen LogP contribution in [0.2, 0.25) is 0 Å². The molecular formula is C24H28N4O4S. The maximum absolute atomic E-state index is 12.8. The normalized spacial score (nSPS) is 14.2. The number of aromatic nitrogens is 2. The molecule has 1 amide bonds. The van der Waals surface area contributed by atoms with Crippen LogP contribution in [-0.2, 0) is 17.8 Å². The van der Waals surface area contributed by atoms with Gasteiger partial charge in [-0.1, -0.05) is 12.1 Å². The highest BCUT2D eigenvalue weighted by Gasteiger charge is 2.24. The van der Waals surface area contributed by atoms with E-state index in [4.69, 9.17) is 14.2 Å². The second-order valence-corrected chi connectivity index (χ2v) is 8.54. The molecule has 1 aliphatic heterocycles. The van der Waals surface area contributed by atoms with Gasteiger partial charge in [-0.3, -0.25) is 14.7 Å². The number of benzene rings is 1. The Balaban J connectivity index is 1.33. The standard InChI is InChI=1S/C24H28N4O4S/c1-30-20-8-7-17(22(31-2)23(20)32-3)15-27-10-12-28(13-11-27)21(29)14-18-16-33-24(26-18)19-6-4-5-9-25-19/h4-9,16H,10-15H2,1-3H3. The van der Waals surface area contributed by atoms with E-state index in [9.17, 15) is 4.79 Å². The fourth-order valence-corrected chi connectivity index (χ4v) is 4.74. The summed E-state index contributed by atoms with van der Waals surface area (Å²) >= 11 is 1.52. The number of ether oxygens (including phenoxy) is 3. The van der Waals surface area contributed by atoms with E-state index in [1.165, 1.54) is 11.3 Å². The maximum atomic E-state index is 12.8. The lowest BCUT2D eigenvalue weighted by Crippen LogP contribution is -2.48. The van der Waals surface area contributed by atoms with Gasteiger partial charge in [0.15, 0.2) is 11.5 Å². The maximum Gasteiger partial charge on any atom is 0.228 e. The quantitative estimate of drug-likeness (QED) is 0.503. The molecule has 33 heavy (non-hydrogen) atoms. The highest BCUT2D eigenvalue weighted by atomic mass is 32.1. The molecule has 8 nitrogen and oxygen atoms in total. The average Bonchev–Trinajstić information content (AvgIpc) is 3.33. The van der Waals surface area contributed by atoms with Gasteiger partial charge in [-0.15, -0.1) is 11.3 Å². The number of carbonyl (C=O) groups excluding carboxylic acids is 1. The Bertz CT molecular complexity index is 1080. The second kappa shape index (κ2) is 10.6. The van der Waals surface area contributed by atoms with E-state index in [-0.39, 0.29) is 5.91 Å². The minimum absolute atomic E-state index is 0.108. The Morgan fingerprint density at radius 1 is 1.00 bits per heavy atom. The van der Waals surface area contributed by atoms with E-state index in [1.807, 2.05) is 40.6 Å². The van der Waals surface area contributed by atoms with Crippen molar-refractivity contribution in [1.29, 1.82) is 0 Å². The third-order valence-corrected chi connectivity index (χ3v) is 6.59. The molecule has 0 unspecified atom stereocenters. The van der Waals surface area contributed by atoms with Crippen molar-refractivity contribution in [2.75, 3.05) is 47.5 Å². The van der Waals surface area contributed by atoms with E-state index in [0.29, 0.717) is 43.3 Å². The monoisotopic (exact) mass is 468 g/mol. The predicted molar refractivity (Wildman–Crippen MR) is 127 cm³/mol. The smallest absolute Gasteiger partial charge is 0.228 e. The zero-order chi connectivity index (χ0) is 23.2. The molecule has 0 spiro atoms. The van der Waals surface area contributed by atoms with Gasteiger partial charge in [-0.2, -0.15) is 0 Å². The summed E-state index contributed by atoms with van der Waals surface area (Å²) in [4.78, 5) is 26.0. The van der Waals surface area contributed by atoms with Crippen LogP contribution in [0, 0.1) is 0 Å². The molecule has 9 heteroatoms. The second-order valence-electron chi connectivity index (χ2n) is 7.69. The lowest BCUT2D eigenvalue weighted by molar-refractivity contribution is -0.132. The van der Waals surface area contributed by atoms with Crippen molar-refractivity contribution in [3.8, 4) is 28.0 Å². The fourth-order valence-electron chi connectivity index (χ4n) is 3.95. The summed E-state index contributed by atoms with van der Waals surface area (Å²) in [5, 5.41) is 2.79. The van der Waals surface area contributed by atoms with Crippen molar-refractivity contribution >= 4 is 17.2 Å². The van der Waals surface area contributed by atoms with Crippen molar-refractivity contribution < 1.29 is 19.0 Å². The molecule has 174 valence electrons. The topological polar surface area (TPSA) is 77.0 Å². The first kappa shape index (κ1) is 23.0. The average molecular weight is 469 g/mol. The summed E-state index contributed by atoms with van der Waals surface area (Å²) in [6.07, 6.45) is 2.06. The predicted octanol–water partition coefficient (Wildman–Crippen LogP) is 3.12. The van der Waals surface area contributed by atoms with E-state index < -0.39 is 0 Å². The number of rotatable bonds is 8. The summed E-state index contributed by atoms with van der Waals surface area (Å²) in [5.41, 5.74) is 2.66. The molecule has 0 bridgehead atoms. The number of thiazole rings is 1. The molecule has 0 atom stereocenters. The third kappa shape index (κ3) is 5.26. The molecule has 1 saturated heterocycles. The van der Waals surface area contributed by atoms with E-state index in [0.717, 1.165) is 35.0 Å². The lowest BCUT2D eigenvalue weighted by Gasteiger charge is -2.35. The molecule has 0 saturated carbocycles. The van der Waals surface area contributed by atoms with Crippen LogP contribution in [0.25, 0.3) is 10.7 Å². The Labute approximate surface area is 197 Å². The first-order chi connectivity index (χ1) is 16.1. The number of piperazine rings is 1. The van der Waals surface area contributed by atoms with Gasteiger partial charge in [-0.25, -0.2) is 4.98 Å². The van der Waals surface area contributed by atoms with Gasteiger partial charge in [0.25, 0.3) is 0 Å². The minimum atomic E-state index is 0.108. The van der Waals surface area contributed by atoms with Crippen LogP contribution >= 0.6 is 11.3 Å². The Morgan fingerprint density at radius 3 is 2.45 bits per heavy atom. The summed E-state index contributed by atoms with van der Waals surface area (Å²) < 4.78 is 16.5. The Morgan fingerprint density at radius 2 is 1.79 bits per heavy atom. The molecule has 0 aliphatic carbocycles. The van der Waals surface area contributed by atoms with Gasteiger partial charge < -0.3 is 19.1 Å². The summed E-state index contributed by atoms with van der Waals surface area (Å²) in [6, 6.07) is 9.63. The van der Waals surface area contributed by atoms with Crippen LogP contribution in [0.4, 0.5) is 0 Å². The summed E-state index contributed by atoms with van der Waals surface area (Å²) in [5.74, 6) is 2.03. The SMILES string of the molecule is COc1ccc(CN2CCN(C(=O)Cc3csc(-c4ccccn4)n3)CC2)c(OC)c1OC. The van der Waals surface area contributed by atoms with Gasteiger partial charge in [0.1, 0.15) is 5.01 Å². The first-order valence-electron chi connectivity index (χ1n) is 10.8. The zero-order valence-corrected chi connectivity index (χ0v) is 19.9. The number of nitrogens with zero attached hydrogens (tertiary/aromatic N) is 4. The van der Waals surface area contributed by atoms with Gasteiger partial charge in [0, 0.05) is 49.9 Å². The molecule has 0 N–H and O–H groups in total. The van der Waals surface area contributed by atoms with Gasteiger partial charge in [-0.05, 0) is 18.2 Å². The number of methoxy groups -OCH3 is 3. The number of hydrogen-bond acceptors (Lipinski definition) is 8. The van der Waals surface area contributed by atoms with E-state index in [2.05, 4.69) is 14.9 Å². The number of amides is 1. The van der Waals surface area contributed by atoms with Crippen LogP contribution in [0.15, 0.2) is 41.9 Å². The van der Waals surface area contributed by atoms with E-state index >= 15 is 0 Å². The van der Waals surface area contributed by atoms with Crippen molar-refractivity contribution in [3.05, 3.63) is 53.2 Å². The molecule has 3 aromatic rings. The Hall–Kier alpha value is -3.17. The summed E-state index contributed by atoms with van der Waals surface area (Å²) in [7, 11) is 4.85. The van der Waals surface area contributed by atoms with Gasteiger partial charge in [0.05, 0.1) is 39.1 Å². The molecule has 4 rings (SSSR count). The third-order valence-electron chi connectivity index (χ3n) is 5.67. The highest BCUT2D eigenvalue weighted by molar-refractivity contribution is 7.13. The zero-order valence-electron chi connectivity index (χ0n) is 19.1. The molecule has 3 heterocycles. The first-order valence-corrected chi connectivity index (χ1v) is 11.6. The Kier molecular flexibility index (Phi) is 7.41. The minimum Gasteiger partial charge on any atom is -0.493 e. The molecular weight excluding hydrogens is 440 g/mol. The van der Waals surface area contributed by atoms with Crippen LogP contribution in [0.1, 0.15) is 11.3 Å². The number of pyridine rings is 1. The van der Waals surface area contributed by atoms with Crippen molar-refractivity contribution in [1.82, 2.24) is 19.8 Å². The number of carbonyl (C=O) groups is 1.